The summed E-state index contributed by atoms with van der Waals surface area (Å²) < 4.78 is 5.02. The number of benzene rings is 1. The summed E-state index contributed by atoms with van der Waals surface area (Å²) in [6, 6.07) is 7.72. The normalized spacial score (nSPS) is 29.7. The van der Waals surface area contributed by atoms with E-state index >= 15 is 0 Å². The summed E-state index contributed by atoms with van der Waals surface area (Å²) in [6.07, 6.45) is 9.03. The summed E-state index contributed by atoms with van der Waals surface area (Å²) in [5, 5.41) is 5.85. The highest BCUT2D eigenvalue weighted by molar-refractivity contribution is 5.97. The summed E-state index contributed by atoms with van der Waals surface area (Å²) in [5.74, 6) is 2.42. The lowest BCUT2D eigenvalue weighted by Gasteiger charge is -2.57. The van der Waals surface area contributed by atoms with E-state index in [0.717, 1.165) is 24.2 Å². The van der Waals surface area contributed by atoms with Crippen molar-refractivity contribution in [2.75, 3.05) is 20.3 Å². The molecular weight excluding hydrogens is 388 g/mol. The van der Waals surface area contributed by atoms with Gasteiger partial charge in [-0.15, -0.1) is 0 Å². The summed E-state index contributed by atoms with van der Waals surface area (Å²) in [4.78, 5) is 25.5. The molecule has 1 aromatic carbocycles. The van der Waals surface area contributed by atoms with Gasteiger partial charge < -0.3 is 15.4 Å². The van der Waals surface area contributed by atoms with Gasteiger partial charge in [-0.3, -0.25) is 9.59 Å². The van der Waals surface area contributed by atoms with Crippen molar-refractivity contribution in [2.24, 2.45) is 23.7 Å². The maximum Gasteiger partial charge on any atom is 0.251 e. The van der Waals surface area contributed by atoms with Crippen molar-refractivity contribution in [3.63, 3.8) is 0 Å². The molecule has 4 fully saturated rings. The molecule has 4 aliphatic carbocycles. The quantitative estimate of drug-likeness (QED) is 0.585. The van der Waals surface area contributed by atoms with E-state index in [-0.39, 0.29) is 17.7 Å². The van der Waals surface area contributed by atoms with Crippen molar-refractivity contribution in [2.45, 2.75) is 70.3 Å². The topological polar surface area (TPSA) is 67.4 Å². The third kappa shape index (κ3) is 4.82. The van der Waals surface area contributed by atoms with E-state index in [4.69, 9.17) is 4.74 Å². The number of carbonyl (C=O) groups excluding carboxylic acids is 2. The number of carbonyl (C=O) groups is 2. The lowest BCUT2D eigenvalue weighted by atomic mass is 9.48. The average molecular weight is 427 g/mol. The second-order valence-electron chi connectivity index (χ2n) is 10.6. The highest BCUT2D eigenvalue weighted by Crippen LogP contribution is 2.60. The summed E-state index contributed by atoms with van der Waals surface area (Å²) in [6.45, 7) is 5.06. The maximum atomic E-state index is 12.9. The number of hydrogen-bond acceptors (Lipinski definition) is 3. The van der Waals surface area contributed by atoms with Crippen LogP contribution in [-0.2, 0) is 14.9 Å². The molecule has 0 radical (unpaired) electrons. The highest BCUT2D eigenvalue weighted by atomic mass is 16.5. The zero-order chi connectivity index (χ0) is 22.0. The fourth-order valence-corrected chi connectivity index (χ4v) is 6.74. The van der Waals surface area contributed by atoms with Crippen LogP contribution >= 0.6 is 0 Å². The smallest absolute Gasteiger partial charge is 0.251 e. The zero-order valence-electron chi connectivity index (χ0n) is 19.3. The summed E-state index contributed by atoms with van der Waals surface area (Å²) in [5.41, 5.74) is 2.39. The number of methoxy groups -OCH3 is 1. The van der Waals surface area contributed by atoms with Gasteiger partial charge in [0.2, 0.25) is 5.91 Å². The second-order valence-corrected chi connectivity index (χ2v) is 10.6. The molecule has 5 rings (SSSR count). The van der Waals surface area contributed by atoms with Gasteiger partial charge in [0, 0.05) is 25.8 Å². The van der Waals surface area contributed by atoms with Crippen molar-refractivity contribution in [3.8, 4) is 0 Å². The van der Waals surface area contributed by atoms with E-state index in [1.54, 1.807) is 7.11 Å². The molecule has 0 saturated heterocycles. The van der Waals surface area contributed by atoms with E-state index in [1.807, 2.05) is 26.0 Å². The lowest BCUT2D eigenvalue weighted by molar-refractivity contribution is -0.123. The Balaban J connectivity index is 1.39. The molecule has 1 unspecified atom stereocenters. The number of amides is 2. The van der Waals surface area contributed by atoms with Gasteiger partial charge in [-0.1, -0.05) is 26.0 Å². The molecule has 0 spiro atoms. The molecule has 0 aliphatic heterocycles. The predicted molar refractivity (Wildman–Crippen MR) is 122 cm³/mol. The Kier molecular flexibility index (Phi) is 6.71. The highest BCUT2D eigenvalue weighted by Gasteiger charge is 2.51. The third-order valence-corrected chi connectivity index (χ3v) is 7.86. The van der Waals surface area contributed by atoms with E-state index < -0.39 is 6.04 Å². The fourth-order valence-electron chi connectivity index (χ4n) is 6.74. The van der Waals surface area contributed by atoms with Gasteiger partial charge in [0.1, 0.15) is 6.04 Å². The van der Waals surface area contributed by atoms with Gasteiger partial charge in [0.15, 0.2) is 0 Å². The minimum atomic E-state index is -0.544. The number of hydrogen-bond donors (Lipinski definition) is 2. The van der Waals surface area contributed by atoms with E-state index in [9.17, 15) is 9.59 Å². The molecule has 0 aromatic heterocycles. The second kappa shape index (κ2) is 9.32. The van der Waals surface area contributed by atoms with Crippen molar-refractivity contribution >= 4 is 11.8 Å². The molecule has 4 saturated carbocycles. The SMILES string of the molecule is COCCCNC(=O)C(NC(=O)c1ccc(C23CC4CC(CC(C4)C2)C3)cc1)C(C)C. The van der Waals surface area contributed by atoms with Gasteiger partial charge in [-0.05, 0) is 91.7 Å². The first-order chi connectivity index (χ1) is 14.9. The van der Waals surface area contributed by atoms with Gasteiger partial charge in [-0.25, -0.2) is 0 Å². The molecule has 4 bridgehead atoms. The van der Waals surface area contributed by atoms with Crippen molar-refractivity contribution in [3.05, 3.63) is 35.4 Å². The molecule has 5 heteroatoms. The van der Waals surface area contributed by atoms with Crippen LogP contribution in [0.15, 0.2) is 24.3 Å². The molecule has 1 atom stereocenters. The van der Waals surface area contributed by atoms with Gasteiger partial charge in [-0.2, -0.15) is 0 Å². The first kappa shape index (κ1) is 22.3. The van der Waals surface area contributed by atoms with Crippen LogP contribution in [0.4, 0.5) is 0 Å². The van der Waals surface area contributed by atoms with Gasteiger partial charge in [0.05, 0.1) is 0 Å². The number of rotatable bonds is 9. The van der Waals surface area contributed by atoms with Crippen molar-refractivity contribution < 1.29 is 14.3 Å². The van der Waals surface area contributed by atoms with Crippen LogP contribution in [0.1, 0.15) is 74.7 Å². The van der Waals surface area contributed by atoms with Crippen LogP contribution in [-0.4, -0.2) is 38.1 Å². The molecular formula is C26H38N2O3. The van der Waals surface area contributed by atoms with Crippen LogP contribution in [0.3, 0.4) is 0 Å². The van der Waals surface area contributed by atoms with Crippen LogP contribution in [0.5, 0.6) is 0 Å². The lowest BCUT2D eigenvalue weighted by Crippen LogP contribution is -2.50. The molecule has 170 valence electrons. The molecule has 4 aliphatic rings. The maximum absolute atomic E-state index is 12.9. The zero-order valence-corrected chi connectivity index (χ0v) is 19.3. The Hall–Kier alpha value is -1.88. The molecule has 1 aromatic rings. The molecule has 2 N–H and O–H groups in total. The largest absolute Gasteiger partial charge is 0.385 e. The molecule has 0 heterocycles. The van der Waals surface area contributed by atoms with Crippen molar-refractivity contribution in [1.29, 1.82) is 0 Å². The Morgan fingerprint density at radius 2 is 1.61 bits per heavy atom. The Morgan fingerprint density at radius 1 is 1.03 bits per heavy atom. The summed E-state index contributed by atoms with van der Waals surface area (Å²) in [7, 11) is 1.65. The standard InChI is InChI=1S/C26H38N2O3/c1-17(2)23(25(30)27-9-4-10-31-3)28-24(29)21-5-7-22(8-6-21)26-14-18-11-19(15-26)13-20(12-18)16-26/h5-8,17-20,23H,4,9-16H2,1-3H3,(H,27,30)(H,28,29). The molecule has 31 heavy (non-hydrogen) atoms. The number of ether oxygens (including phenoxy) is 1. The Labute approximate surface area is 186 Å². The third-order valence-electron chi connectivity index (χ3n) is 7.86. The molecule has 2 amide bonds. The van der Waals surface area contributed by atoms with Crippen LogP contribution in [0.25, 0.3) is 0 Å². The number of nitrogens with one attached hydrogen (secondary N) is 2. The van der Waals surface area contributed by atoms with E-state index in [1.165, 1.54) is 44.1 Å². The predicted octanol–water partition coefficient (Wildman–Crippen LogP) is 4.06. The van der Waals surface area contributed by atoms with Crippen molar-refractivity contribution in [1.82, 2.24) is 10.6 Å². The molecule has 5 nitrogen and oxygen atoms in total. The van der Waals surface area contributed by atoms with Crippen LogP contribution in [0.2, 0.25) is 0 Å². The van der Waals surface area contributed by atoms with Gasteiger partial charge in [0.25, 0.3) is 5.91 Å². The average Bonchev–Trinajstić information content (AvgIpc) is 2.73. The van der Waals surface area contributed by atoms with E-state index in [0.29, 0.717) is 24.1 Å². The first-order valence-electron chi connectivity index (χ1n) is 12.1. The van der Waals surface area contributed by atoms with Crippen LogP contribution in [0, 0.1) is 23.7 Å². The summed E-state index contributed by atoms with van der Waals surface area (Å²) >= 11 is 0. The fraction of sp³-hybridized carbons (Fsp3) is 0.692. The van der Waals surface area contributed by atoms with E-state index in [2.05, 4.69) is 22.8 Å². The Bertz CT molecular complexity index is 751. The van der Waals surface area contributed by atoms with Gasteiger partial charge >= 0.3 is 0 Å². The Morgan fingerprint density at radius 3 is 2.13 bits per heavy atom. The van der Waals surface area contributed by atoms with Crippen LogP contribution < -0.4 is 10.6 Å². The minimum absolute atomic E-state index is 0.0117. The minimum Gasteiger partial charge on any atom is -0.385 e. The first-order valence-corrected chi connectivity index (χ1v) is 12.1. The monoisotopic (exact) mass is 426 g/mol.